The maximum atomic E-state index is 5.04. The third-order valence-electron chi connectivity index (χ3n) is 2.64. The van der Waals surface area contributed by atoms with E-state index in [1.54, 1.807) is 7.11 Å². The van der Waals surface area contributed by atoms with Gasteiger partial charge < -0.3 is 4.74 Å². The van der Waals surface area contributed by atoms with E-state index in [9.17, 15) is 0 Å². The fraction of sp³-hybridized carbons (Fsp3) is 0.700. The second-order valence-corrected chi connectivity index (χ2v) is 3.67. The monoisotopic (exact) mass is 195 g/mol. The van der Waals surface area contributed by atoms with Crippen molar-refractivity contribution in [3.05, 3.63) is 18.0 Å². The van der Waals surface area contributed by atoms with Crippen LogP contribution in [-0.2, 0) is 17.8 Å². The summed E-state index contributed by atoms with van der Waals surface area (Å²) >= 11 is 0. The van der Waals surface area contributed by atoms with E-state index >= 15 is 0 Å². The highest BCUT2D eigenvalue weighted by molar-refractivity contribution is 5.02. The van der Waals surface area contributed by atoms with Crippen molar-refractivity contribution >= 4 is 0 Å². The molecule has 1 aromatic heterocycles. The first-order valence-electron chi connectivity index (χ1n) is 5.12. The van der Waals surface area contributed by atoms with Crippen molar-refractivity contribution in [3.8, 4) is 0 Å². The molecule has 1 aliphatic rings. The molecule has 14 heavy (non-hydrogen) atoms. The summed E-state index contributed by atoms with van der Waals surface area (Å²) < 4.78 is 7.13. The van der Waals surface area contributed by atoms with Gasteiger partial charge in [-0.1, -0.05) is 0 Å². The fourth-order valence-electron chi connectivity index (χ4n) is 1.86. The number of hydrogen-bond acceptors (Lipinski definition) is 3. The Morgan fingerprint density at radius 3 is 3.29 bits per heavy atom. The molecule has 0 saturated carbocycles. The molecular weight excluding hydrogens is 178 g/mol. The summed E-state index contributed by atoms with van der Waals surface area (Å²) in [6.07, 6.45) is 3.00. The Balaban J connectivity index is 1.82. The van der Waals surface area contributed by atoms with E-state index in [4.69, 9.17) is 4.74 Å². The molecule has 0 atom stereocenters. The van der Waals surface area contributed by atoms with Gasteiger partial charge in [0.2, 0.25) is 0 Å². The number of methoxy groups -OCH3 is 1. The van der Waals surface area contributed by atoms with Gasteiger partial charge in [-0.15, -0.1) is 0 Å². The lowest BCUT2D eigenvalue weighted by molar-refractivity contribution is 0.156. The van der Waals surface area contributed by atoms with Crippen molar-refractivity contribution in [2.24, 2.45) is 0 Å². The van der Waals surface area contributed by atoms with E-state index < -0.39 is 0 Å². The van der Waals surface area contributed by atoms with Crippen LogP contribution in [0.15, 0.2) is 12.3 Å². The summed E-state index contributed by atoms with van der Waals surface area (Å²) in [7, 11) is 1.76. The molecule has 0 amide bonds. The van der Waals surface area contributed by atoms with Crippen LogP contribution < -0.4 is 0 Å². The van der Waals surface area contributed by atoms with Crippen molar-refractivity contribution in [2.75, 3.05) is 26.8 Å². The molecule has 4 nitrogen and oxygen atoms in total. The van der Waals surface area contributed by atoms with Gasteiger partial charge in [-0.3, -0.25) is 9.58 Å². The average molecular weight is 195 g/mol. The molecule has 2 rings (SSSR count). The van der Waals surface area contributed by atoms with Crippen LogP contribution >= 0.6 is 0 Å². The minimum absolute atomic E-state index is 0.857. The molecule has 0 aromatic carbocycles. The molecule has 0 radical (unpaired) electrons. The van der Waals surface area contributed by atoms with Crippen molar-refractivity contribution in [2.45, 2.75) is 19.5 Å². The van der Waals surface area contributed by atoms with Gasteiger partial charge in [-0.25, -0.2) is 0 Å². The Bertz CT molecular complexity index is 285. The molecule has 0 spiro atoms. The number of aromatic nitrogens is 2. The summed E-state index contributed by atoms with van der Waals surface area (Å²) in [5, 5.41) is 4.25. The molecule has 0 N–H and O–H groups in total. The van der Waals surface area contributed by atoms with Crippen molar-refractivity contribution in [3.63, 3.8) is 0 Å². The smallest absolute Gasteiger partial charge is 0.0540 e. The number of rotatable bonds is 4. The van der Waals surface area contributed by atoms with Crippen LogP contribution in [0.5, 0.6) is 0 Å². The molecule has 0 unspecified atom stereocenters. The third-order valence-corrected chi connectivity index (χ3v) is 2.64. The zero-order valence-corrected chi connectivity index (χ0v) is 8.65. The van der Waals surface area contributed by atoms with E-state index in [1.165, 1.54) is 5.69 Å². The molecular formula is C10H17N3O. The molecule has 2 heterocycles. The van der Waals surface area contributed by atoms with E-state index in [1.807, 2.05) is 6.20 Å². The second-order valence-electron chi connectivity index (χ2n) is 3.67. The summed E-state index contributed by atoms with van der Waals surface area (Å²) in [6.45, 7) is 5.15. The predicted molar refractivity (Wildman–Crippen MR) is 54.0 cm³/mol. The van der Waals surface area contributed by atoms with Crippen molar-refractivity contribution in [1.29, 1.82) is 0 Å². The zero-order chi connectivity index (χ0) is 9.80. The molecule has 1 aromatic rings. The van der Waals surface area contributed by atoms with E-state index in [0.717, 1.165) is 39.2 Å². The summed E-state index contributed by atoms with van der Waals surface area (Å²) in [4.78, 5) is 2.45. The molecule has 0 fully saturated rings. The van der Waals surface area contributed by atoms with Gasteiger partial charge in [-0.2, -0.15) is 5.10 Å². The van der Waals surface area contributed by atoms with Gasteiger partial charge >= 0.3 is 0 Å². The highest BCUT2D eigenvalue weighted by atomic mass is 16.5. The summed E-state index contributed by atoms with van der Waals surface area (Å²) in [5.41, 5.74) is 1.33. The van der Waals surface area contributed by atoms with Crippen LogP contribution in [0.25, 0.3) is 0 Å². The Morgan fingerprint density at radius 2 is 2.43 bits per heavy atom. The number of ether oxygens (including phenoxy) is 1. The van der Waals surface area contributed by atoms with E-state index in [0.29, 0.717) is 0 Å². The third kappa shape index (κ3) is 2.13. The topological polar surface area (TPSA) is 30.3 Å². The van der Waals surface area contributed by atoms with Crippen LogP contribution in [0, 0.1) is 0 Å². The Hall–Kier alpha value is -0.870. The van der Waals surface area contributed by atoms with Gasteiger partial charge in [0.15, 0.2) is 0 Å². The van der Waals surface area contributed by atoms with Crippen LogP contribution in [-0.4, -0.2) is 41.5 Å². The minimum atomic E-state index is 0.857. The lowest BCUT2D eigenvalue weighted by Crippen LogP contribution is -2.34. The first kappa shape index (κ1) is 9.68. The van der Waals surface area contributed by atoms with Crippen LogP contribution in [0.4, 0.5) is 0 Å². The number of nitrogens with zero attached hydrogens (tertiary/aromatic N) is 3. The van der Waals surface area contributed by atoms with Crippen molar-refractivity contribution in [1.82, 2.24) is 14.7 Å². The molecule has 78 valence electrons. The first-order chi connectivity index (χ1) is 6.90. The van der Waals surface area contributed by atoms with Gasteiger partial charge in [0.25, 0.3) is 0 Å². The molecule has 0 aliphatic carbocycles. The Morgan fingerprint density at radius 1 is 1.50 bits per heavy atom. The molecule has 0 saturated heterocycles. The first-order valence-corrected chi connectivity index (χ1v) is 5.12. The Kier molecular flexibility index (Phi) is 3.16. The normalized spacial score (nSPS) is 16.9. The highest BCUT2D eigenvalue weighted by Gasteiger charge is 2.14. The van der Waals surface area contributed by atoms with Crippen LogP contribution in [0.2, 0.25) is 0 Å². The average Bonchev–Trinajstić information content (AvgIpc) is 2.65. The Labute approximate surface area is 84.5 Å². The van der Waals surface area contributed by atoms with Crippen LogP contribution in [0.1, 0.15) is 12.1 Å². The van der Waals surface area contributed by atoms with E-state index in [2.05, 4.69) is 20.7 Å². The second kappa shape index (κ2) is 4.57. The van der Waals surface area contributed by atoms with Gasteiger partial charge in [0.1, 0.15) is 0 Å². The minimum Gasteiger partial charge on any atom is -0.385 e. The highest BCUT2D eigenvalue weighted by Crippen LogP contribution is 2.10. The van der Waals surface area contributed by atoms with Crippen LogP contribution in [0.3, 0.4) is 0 Å². The maximum Gasteiger partial charge on any atom is 0.0540 e. The molecule has 0 bridgehead atoms. The zero-order valence-electron chi connectivity index (χ0n) is 8.65. The number of hydrogen-bond donors (Lipinski definition) is 0. The standard InChI is InChI=1S/C10H17N3O/c1-14-8-2-5-12-6-7-13-10(9-12)3-4-11-13/h3-4H,2,5-9H2,1H3. The lowest BCUT2D eigenvalue weighted by atomic mass is 10.3. The maximum absolute atomic E-state index is 5.04. The lowest BCUT2D eigenvalue weighted by Gasteiger charge is -2.27. The van der Waals surface area contributed by atoms with Crippen molar-refractivity contribution < 1.29 is 4.74 Å². The van der Waals surface area contributed by atoms with Gasteiger partial charge in [0, 0.05) is 39.5 Å². The van der Waals surface area contributed by atoms with E-state index in [-0.39, 0.29) is 0 Å². The van der Waals surface area contributed by atoms with Gasteiger partial charge in [-0.05, 0) is 12.5 Å². The van der Waals surface area contributed by atoms with Gasteiger partial charge in [0.05, 0.1) is 12.2 Å². The fourth-order valence-corrected chi connectivity index (χ4v) is 1.86. The predicted octanol–water partition coefficient (Wildman–Crippen LogP) is 0.735. The number of fused-ring (bicyclic) bond motifs is 1. The summed E-state index contributed by atoms with van der Waals surface area (Å²) in [6, 6.07) is 2.10. The largest absolute Gasteiger partial charge is 0.385 e. The molecule has 1 aliphatic heterocycles. The summed E-state index contributed by atoms with van der Waals surface area (Å²) in [5.74, 6) is 0. The SMILES string of the molecule is COCCCN1CCn2nccc2C1. The quantitative estimate of drug-likeness (QED) is 0.664. The molecule has 4 heteroatoms.